The van der Waals surface area contributed by atoms with E-state index in [1.165, 1.54) is 31.9 Å². The molecular formula is C16H20N2O3. The zero-order chi connectivity index (χ0) is 15.1. The highest BCUT2D eigenvalue weighted by Crippen LogP contribution is 2.22. The van der Waals surface area contributed by atoms with Crippen LogP contribution >= 0.6 is 0 Å². The Morgan fingerprint density at radius 2 is 1.86 bits per heavy atom. The van der Waals surface area contributed by atoms with Gasteiger partial charge in [-0.2, -0.15) is 0 Å². The Hall–Kier alpha value is -2.30. The van der Waals surface area contributed by atoms with Crippen molar-refractivity contribution in [2.45, 2.75) is 32.1 Å². The molecule has 1 aliphatic rings. The van der Waals surface area contributed by atoms with E-state index in [2.05, 4.69) is 10.6 Å². The van der Waals surface area contributed by atoms with E-state index in [-0.39, 0.29) is 6.03 Å². The molecular weight excluding hydrogens is 268 g/mol. The van der Waals surface area contributed by atoms with Gasteiger partial charge in [0.25, 0.3) is 0 Å². The number of amides is 2. The summed E-state index contributed by atoms with van der Waals surface area (Å²) in [6.45, 7) is 0. The average Bonchev–Trinajstić information content (AvgIpc) is 2.54. The molecule has 2 rings (SSSR count). The van der Waals surface area contributed by atoms with Crippen molar-refractivity contribution in [3.8, 4) is 0 Å². The van der Waals surface area contributed by atoms with E-state index in [1.54, 1.807) is 30.5 Å². The minimum atomic E-state index is -0.475. The fourth-order valence-corrected chi connectivity index (χ4v) is 2.36. The molecule has 0 bridgehead atoms. The highest BCUT2D eigenvalue weighted by atomic mass is 16.5. The van der Waals surface area contributed by atoms with Crippen molar-refractivity contribution in [2.75, 3.05) is 12.4 Å². The molecule has 1 saturated carbocycles. The largest absolute Gasteiger partial charge is 0.465 e. The van der Waals surface area contributed by atoms with Gasteiger partial charge in [0.05, 0.1) is 18.4 Å². The van der Waals surface area contributed by atoms with E-state index >= 15 is 0 Å². The molecule has 2 amide bonds. The number of ether oxygens (including phenoxy) is 1. The predicted molar refractivity (Wildman–Crippen MR) is 81.1 cm³/mol. The molecule has 5 nitrogen and oxygen atoms in total. The minimum absolute atomic E-state index is 0.334. The fraction of sp³-hybridized carbons (Fsp3) is 0.375. The first kappa shape index (κ1) is 15.1. The number of hydrogen-bond acceptors (Lipinski definition) is 3. The van der Waals surface area contributed by atoms with E-state index in [9.17, 15) is 9.59 Å². The number of esters is 1. The fourth-order valence-electron chi connectivity index (χ4n) is 2.36. The van der Waals surface area contributed by atoms with Crippen LogP contribution in [0.3, 0.4) is 0 Å². The number of rotatable bonds is 3. The van der Waals surface area contributed by atoms with Crippen molar-refractivity contribution < 1.29 is 14.3 Å². The van der Waals surface area contributed by atoms with E-state index in [4.69, 9.17) is 4.74 Å². The van der Waals surface area contributed by atoms with E-state index < -0.39 is 5.97 Å². The smallest absolute Gasteiger partial charge is 0.339 e. The van der Waals surface area contributed by atoms with Gasteiger partial charge in [-0.3, -0.25) is 0 Å². The third-order valence-corrected chi connectivity index (χ3v) is 3.48. The Morgan fingerprint density at radius 3 is 2.57 bits per heavy atom. The summed E-state index contributed by atoms with van der Waals surface area (Å²) in [7, 11) is 1.31. The summed E-state index contributed by atoms with van der Waals surface area (Å²) >= 11 is 0. The Bertz CT molecular complexity index is 544. The molecule has 0 saturated heterocycles. The van der Waals surface area contributed by atoms with Crippen LogP contribution in [-0.2, 0) is 4.74 Å². The summed E-state index contributed by atoms with van der Waals surface area (Å²) < 4.78 is 4.69. The monoisotopic (exact) mass is 288 g/mol. The first-order chi connectivity index (χ1) is 10.2. The molecule has 0 aliphatic heterocycles. The van der Waals surface area contributed by atoms with Crippen LogP contribution in [0, 0.1) is 0 Å². The number of nitrogens with one attached hydrogen (secondary N) is 2. The molecule has 1 aliphatic carbocycles. The normalized spacial score (nSPS) is 14.2. The number of anilines is 1. The second-order valence-electron chi connectivity index (χ2n) is 5.00. The van der Waals surface area contributed by atoms with Crippen molar-refractivity contribution in [1.29, 1.82) is 0 Å². The standard InChI is InChI=1S/C16H20N2O3/c1-21-15(19)13-9-5-6-10-14(13)18-16(20)17-11-12-7-3-2-4-8-12/h5-6,9-11H,2-4,7-8H2,1H3,(H2,17,18,20). The van der Waals surface area contributed by atoms with Gasteiger partial charge in [0.1, 0.15) is 0 Å². The zero-order valence-electron chi connectivity index (χ0n) is 12.1. The highest BCUT2D eigenvalue weighted by molar-refractivity contribution is 6.00. The summed E-state index contributed by atoms with van der Waals surface area (Å²) in [6, 6.07) is 6.39. The molecule has 5 heteroatoms. The molecule has 0 radical (unpaired) electrons. The molecule has 2 N–H and O–H groups in total. The number of carbonyl (C=O) groups excluding carboxylic acids is 2. The lowest BCUT2D eigenvalue weighted by molar-refractivity contribution is 0.0602. The first-order valence-corrected chi connectivity index (χ1v) is 7.13. The summed E-state index contributed by atoms with van der Waals surface area (Å²) in [6.07, 6.45) is 7.48. The molecule has 1 fully saturated rings. The molecule has 1 aromatic carbocycles. The van der Waals surface area contributed by atoms with Gasteiger partial charge in [-0.05, 0) is 37.8 Å². The van der Waals surface area contributed by atoms with Crippen LogP contribution in [0.25, 0.3) is 0 Å². The summed E-state index contributed by atoms with van der Waals surface area (Å²) in [4.78, 5) is 23.5. The maximum Gasteiger partial charge on any atom is 0.339 e. The van der Waals surface area contributed by atoms with Crippen LogP contribution in [0.15, 0.2) is 36.0 Å². The van der Waals surface area contributed by atoms with Crippen molar-refractivity contribution in [2.24, 2.45) is 0 Å². The maximum absolute atomic E-state index is 11.9. The number of carbonyl (C=O) groups is 2. The van der Waals surface area contributed by atoms with E-state index in [0.29, 0.717) is 11.3 Å². The lowest BCUT2D eigenvalue weighted by Gasteiger charge is -2.14. The molecule has 1 aromatic rings. The Balaban J connectivity index is 1.98. The third kappa shape index (κ3) is 4.34. The highest BCUT2D eigenvalue weighted by Gasteiger charge is 2.13. The van der Waals surface area contributed by atoms with Crippen LogP contribution < -0.4 is 10.6 Å². The first-order valence-electron chi connectivity index (χ1n) is 7.13. The van der Waals surface area contributed by atoms with Gasteiger partial charge >= 0.3 is 12.0 Å². The van der Waals surface area contributed by atoms with Gasteiger partial charge in [0, 0.05) is 6.20 Å². The van der Waals surface area contributed by atoms with Gasteiger partial charge in [0.2, 0.25) is 0 Å². The van der Waals surface area contributed by atoms with Crippen molar-refractivity contribution >= 4 is 17.7 Å². The zero-order valence-corrected chi connectivity index (χ0v) is 12.1. The number of benzene rings is 1. The Labute approximate surface area is 124 Å². The van der Waals surface area contributed by atoms with Crippen LogP contribution in [0.2, 0.25) is 0 Å². The van der Waals surface area contributed by atoms with E-state index in [1.807, 2.05) is 0 Å². The molecule has 112 valence electrons. The topological polar surface area (TPSA) is 67.4 Å². The lowest BCUT2D eigenvalue weighted by Crippen LogP contribution is -2.25. The Morgan fingerprint density at radius 1 is 1.14 bits per heavy atom. The molecule has 0 aromatic heterocycles. The van der Waals surface area contributed by atoms with Crippen molar-refractivity contribution in [1.82, 2.24) is 5.32 Å². The summed E-state index contributed by atoms with van der Waals surface area (Å²) in [5.74, 6) is -0.475. The van der Waals surface area contributed by atoms with Gasteiger partial charge in [0.15, 0.2) is 0 Å². The molecule has 21 heavy (non-hydrogen) atoms. The predicted octanol–water partition coefficient (Wildman–Crippen LogP) is 3.44. The molecule has 0 heterocycles. The third-order valence-electron chi connectivity index (χ3n) is 3.48. The van der Waals surface area contributed by atoms with Gasteiger partial charge in [-0.25, -0.2) is 9.59 Å². The number of hydrogen-bond donors (Lipinski definition) is 2. The van der Waals surface area contributed by atoms with Gasteiger partial charge in [-0.15, -0.1) is 0 Å². The van der Waals surface area contributed by atoms with Crippen LogP contribution in [0.4, 0.5) is 10.5 Å². The number of urea groups is 1. The van der Waals surface area contributed by atoms with Gasteiger partial charge in [-0.1, -0.05) is 24.1 Å². The van der Waals surface area contributed by atoms with Crippen molar-refractivity contribution in [3.05, 3.63) is 41.6 Å². The quantitative estimate of drug-likeness (QED) is 0.837. The van der Waals surface area contributed by atoms with Crippen LogP contribution in [0.5, 0.6) is 0 Å². The van der Waals surface area contributed by atoms with Crippen LogP contribution in [-0.4, -0.2) is 19.1 Å². The Kier molecular flexibility index (Phi) is 5.37. The maximum atomic E-state index is 11.9. The molecule has 0 spiro atoms. The lowest BCUT2D eigenvalue weighted by atomic mass is 9.96. The second kappa shape index (κ2) is 7.47. The molecule has 0 atom stereocenters. The molecule has 0 unspecified atom stereocenters. The summed E-state index contributed by atoms with van der Waals surface area (Å²) in [5, 5.41) is 5.39. The number of para-hydroxylation sites is 1. The number of allylic oxidation sites excluding steroid dienone is 1. The summed E-state index contributed by atoms with van der Waals surface area (Å²) in [5.41, 5.74) is 2.03. The minimum Gasteiger partial charge on any atom is -0.465 e. The van der Waals surface area contributed by atoms with Crippen LogP contribution in [0.1, 0.15) is 42.5 Å². The van der Waals surface area contributed by atoms with Gasteiger partial charge < -0.3 is 15.4 Å². The van der Waals surface area contributed by atoms with E-state index in [0.717, 1.165) is 12.8 Å². The number of methoxy groups -OCH3 is 1. The average molecular weight is 288 g/mol. The second-order valence-corrected chi connectivity index (χ2v) is 5.00. The SMILES string of the molecule is COC(=O)c1ccccc1NC(=O)NC=C1CCCCC1. The van der Waals surface area contributed by atoms with Crippen molar-refractivity contribution in [3.63, 3.8) is 0 Å².